The molecule has 4 atom stereocenters. The quantitative estimate of drug-likeness (QED) is 0.0653. The normalized spacial score (nSPS) is 15.2. The summed E-state index contributed by atoms with van der Waals surface area (Å²) in [6.07, 6.45) is 0. The second-order valence-corrected chi connectivity index (χ2v) is 22.9. The first-order chi connectivity index (χ1) is 41.7. The third-order valence-corrected chi connectivity index (χ3v) is 15.9. The minimum Gasteiger partial charge on any atom is -0.480 e. The molecule has 90 heavy (non-hydrogen) atoms. The van der Waals surface area contributed by atoms with E-state index in [1.54, 1.807) is 152 Å². The molecule has 0 bridgehead atoms. The van der Waals surface area contributed by atoms with Gasteiger partial charge in [0.15, 0.2) is 0 Å². The van der Waals surface area contributed by atoms with Gasteiger partial charge in [-0.05, 0) is 93.7 Å². The van der Waals surface area contributed by atoms with Crippen molar-refractivity contribution in [2.75, 3.05) is 0 Å². The Morgan fingerprint density at radius 2 is 0.378 bits per heavy atom. The molecule has 2 radical (unpaired) electrons. The van der Waals surface area contributed by atoms with Gasteiger partial charge in [0.1, 0.15) is 24.2 Å². The fraction of sp³-hybridized carbons (Fsp3) is 0.235. The average molecular weight is 1400 g/mol. The van der Waals surface area contributed by atoms with Gasteiger partial charge in [0.05, 0.1) is 0 Å². The minimum atomic E-state index is -1.18. The summed E-state index contributed by atoms with van der Waals surface area (Å²) >= 11 is 0. The van der Waals surface area contributed by atoms with Crippen LogP contribution in [0.25, 0.3) is 43.1 Å². The molecule has 0 saturated heterocycles. The van der Waals surface area contributed by atoms with Crippen molar-refractivity contribution >= 4 is 114 Å². The smallest absolute Gasteiger partial charge is 0.327 e. The summed E-state index contributed by atoms with van der Waals surface area (Å²) in [4.78, 5) is 151. The zero-order chi connectivity index (χ0) is 64.1. The maximum atomic E-state index is 12.7. The molecule has 8 aromatic carbocycles. The number of amides is 8. The topological polar surface area (TPSA) is 299 Å². The number of carbonyl (C=O) groups is 12. The van der Waals surface area contributed by atoms with Crippen LogP contribution in [0.4, 0.5) is 0 Å². The van der Waals surface area contributed by atoms with Crippen molar-refractivity contribution in [3.8, 4) is 0 Å². The van der Waals surface area contributed by atoms with Gasteiger partial charge in [-0.2, -0.15) is 0 Å². The van der Waals surface area contributed by atoms with E-state index in [9.17, 15) is 78.0 Å². The van der Waals surface area contributed by atoms with Crippen LogP contribution in [0.5, 0.6) is 0 Å². The van der Waals surface area contributed by atoms with Gasteiger partial charge in [-0.3, -0.25) is 58.0 Å². The summed E-state index contributed by atoms with van der Waals surface area (Å²) in [6, 6.07) is 36.9. The van der Waals surface area contributed by atoms with E-state index in [0.29, 0.717) is 66.1 Å². The molecule has 4 heterocycles. The molecule has 0 saturated carbocycles. The Hall–Kier alpha value is -9.51. The third kappa shape index (κ3) is 12.0. The van der Waals surface area contributed by atoms with E-state index in [4.69, 9.17) is 0 Å². The van der Waals surface area contributed by atoms with Crippen LogP contribution in [0.3, 0.4) is 0 Å². The number of benzene rings is 8. The molecule has 4 aliphatic heterocycles. The summed E-state index contributed by atoms with van der Waals surface area (Å²) in [5.41, 5.74) is 3.00. The van der Waals surface area contributed by atoms with Crippen LogP contribution in [-0.2, 0) is 58.1 Å². The minimum absolute atomic E-state index is 0. The fourth-order valence-corrected chi connectivity index (χ4v) is 12.0. The first-order valence-electron chi connectivity index (χ1n) is 28.2. The van der Waals surface area contributed by atoms with E-state index in [1.165, 1.54) is 0 Å². The van der Waals surface area contributed by atoms with Crippen molar-refractivity contribution in [2.45, 2.75) is 79.6 Å². The molecule has 4 aliphatic rings. The number of imide groups is 4. The molecule has 22 heteroatoms. The predicted octanol–water partition coefficient (Wildman–Crippen LogP) is 10.2. The summed E-state index contributed by atoms with van der Waals surface area (Å²) in [7, 11) is 0. The number of hydrogen-bond acceptors (Lipinski definition) is 12. The average Bonchev–Trinajstić information content (AvgIpc) is 0.793. The van der Waals surface area contributed by atoms with Crippen LogP contribution >= 0.6 is 0 Å². The monoisotopic (exact) mass is 1390 g/mol. The molecule has 8 aromatic rings. The van der Waals surface area contributed by atoms with E-state index >= 15 is 0 Å². The van der Waals surface area contributed by atoms with Gasteiger partial charge in [-0.25, -0.2) is 19.2 Å². The second-order valence-electron chi connectivity index (χ2n) is 22.9. The van der Waals surface area contributed by atoms with Gasteiger partial charge >= 0.3 is 23.9 Å². The Kier molecular flexibility index (Phi) is 20.5. The van der Waals surface area contributed by atoms with Crippen LogP contribution in [-0.4, -0.2) is 135 Å². The van der Waals surface area contributed by atoms with Gasteiger partial charge < -0.3 is 20.4 Å². The van der Waals surface area contributed by atoms with Crippen LogP contribution in [0.2, 0.25) is 0 Å². The molecule has 0 fully saturated rings. The van der Waals surface area contributed by atoms with Gasteiger partial charge in [0.2, 0.25) is 0 Å². The number of carboxylic acids is 4. The fourth-order valence-electron chi connectivity index (χ4n) is 12.0. The van der Waals surface area contributed by atoms with Gasteiger partial charge in [-0.15, -0.1) is 0 Å². The molecule has 8 amide bonds. The van der Waals surface area contributed by atoms with E-state index in [2.05, 4.69) is 0 Å². The van der Waals surface area contributed by atoms with Gasteiger partial charge in [0.25, 0.3) is 47.3 Å². The number of rotatable bonds is 12. The predicted molar refractivity (Wildman–Crippen MR) is 323 cm³/mol. The Bertz CT molecular complexity index is 3600. The standard InChI is InChI=1S/4C17H15NO4.2Rh/c4*1-9(2)14(17(21)22)18-15(19)11-7-3-5-10-6-4-8-12(13(10)11)16(18)20;;/h4*3-9,14H,1-2H3,(H,21,22);;/t4*14-;;/m1111../s1. The van der Waals surface area contributed by atoms with Crippen LogP contribution < -0.4 is 0 Å². The second kappa shape index (κ2) is 27.1. The molecule has 0 spiro atoms. The molecule has 12 rings (SSSR count). The SMILES string of the molecule is CC(C)[C@H](C(=O)O)N1C(=O)c2cccc3cccc(c23)C1=O.CC(C)[C@H](C(=O)O)N1C(=O)c2cccc3cccc(c23)C1=O.CC(C)[C@H](C(=O)O)N1C(=O)c2cccc3cccc(c23)C1=O.CC(C)[C@H](C(=O)O)N1C(=O)c2cccc3cccc(c23)C1=O.[Rh].[Rh]. The Morgan fingerprint density at radius 1 is 0.256 bits per heavy atom. The Labute approximate surface area is 540 Å². The van der Waals surface area contributed by atoms with E-state index in [1.807, 2.05) is 48.5 Å². The van der Waals surface area contributed by atoms with Crippen LogP contribution in [0, 0.1) is 23.7 Å². The molecule has 466 valence electrons. The maximum absolute atomic E-state index is 12.7. The van der Waals surface area contributed by atoms with Crippen molar-refractivity contribution in [3.63, 3.8) is 0 Å². The third-order valence-electron chi connectivity index (χ3n) is 15.9. The molecule has 0 aliphatic carbocycles. The Balaban J connectivity index is 0.000000169. The maximum Gasteiger partial charge on any atom is 0.327 e. The summed E-state index contributed by atoms with van der Waals surface area (Å²) in [6.45, 7) is 13.4. The van der Waals surface area contributed by atoms with Crippen LogP contribution in [0.1, 0.15) is 138 Å². The molecule has 0 aromatic heterocycles. The first-order valence-corrected chi connectivity index (χ1v) is 28.2. The number of nitrogens with zero attached hydrogens (tertiary/aromatic N) is 4. The summed E-state index contributed by atoms with van der Waals surface area (Å²) < 4.78 is 0. The van der Waals surface area contributed by atoms with Crippen molar-refractivity contribution in [1.29, 1.82) is 0 Å². The van der Waals surface area contributed by atoms with Gasteiger partial charge in [-0.1, -0.05) is 152 Å². The van der Waals surface area contributed by atoms with Crippen molar-refractivity contribution in [1.82, 2.24) is 19.6 Å². The molecule has 0 unspecified atom stereocenters. The van der Waals surface area contributed by atoms with Crippen molar-refractivity contribution in [2.24, 2.45) is 23.7 Å². The number of carboxylic acid groups (broad SMARTS) is 4. The molecule has 4 N–H and O–H groups in total. The summed E-state index contributed by atoms with van der Waals surface area (Å²) in [5.74, 6) is -10.6. The van der Waals surface area contributed by atoms with Crippen LogP contribution in [0.15, 0.2) is 146 Å². The van der Waals surface area contributed by atoms with Gasteiger partial charge in [0, 0.05) is 105 Å². The largest absolute Gasteiger partial charge is 0.480 e. The zero-order valence-electron chi connectivity index (χ0n) is 49.6. The van der Waals surface area contributed by atoms with Crippen molar-refractivity contribution in [3.05, 3.63) is 190 Å². The van der Waals surface area contributed by atoms with Crippen molar-refractivity contribution < 1.29 is 117 Å². The van der Waals surface area contributed by atoms with E-state index in [0.717, 1.165) is 41.1 Å². The summed E-state index contributed by atoms with van der Waals surface area (Å²) in [5, 5.41) is 43.3. The number of hydrogen-bond donors (Lipinski definition) is 4. The zero-order valence-corrected chi connectivity index (χ0v) is 52.9. The molecule has 20 nitrogen and oxygen atoms in total. The first kappa shape index (κ1) is 68.0. The molecular formula is C68H60N4O16Rh2. The molecular weight excluding hydrogens is 1330 g/mol. The van der Waals surface area contributed by atoms with E-state index < -0.39 is 95.3 Å². The van der Waals surface area contributed by atoms with E-state index in [-0.39, 0.29) is 62.6 Å². The number of carbonyl (C=O) groups excluding carboxylic acids is 8. The number of aliphatic carboxylic acids is 4. The Morgan fingerprint density at radius 3 is 0.478 bits per heavy atom.